The molecule has 1 saturated carbocycles. The second-order valence-electron chi connectivity index (χ2n) is 6.76. The summed E-state index contributed by atoms with van der Waals surface area (Å²) in [5.74, 6) is 2.02. The van der Waals surface area contributed by atoms with Crippen LogP contribution >= 0.6 is 0 Å². The first kappa shape index (κ1) is 16.1. The Bertz CT molecular complexity index is 456. The highest BCUT2D eigenvalue weighted by Crippen LogP contribution is 2.37. The third kappa shape index (κ3) is 3.86. The molecular formula is C17H30N4. The van der Waals surface area contributed by atoms with Crippen LogP contribution in [-0.2, 0) is 6.42 Å². The summed E-state index contributed by atoms with van der Waals surface area (Å²) in [5.41, 5.74) is 1.58. The predicted molar refractivity (Wildman–Crippen MR) is 89.9 cm³/mol. The molecule has 0 bridgehead atoms. The summed E-state index contributed by atoms with van der Waals surface area (Å²) in [6.45, 7) is 9.94. The molecule has 1 fully saturated rings. The molecule has 21 heavy (non-hydrogen) atoms. The minimum Gasteiger partial charge on any atom is -0.370 e. The zero-order valence-corrected chi connectivity index (χ0v) is 14.0. The van der Waals surface area contributed by atoms with Crippen molar-refractivity contribution in [3.63, 3.8) is 0 Å². The van der Waals surface area contributed by atoms with E-state index in [0.717, 1.165) is 31.0 Å². The van der Waals surface area contributed by atoms with Gasteiger partial charge in [0.1, 0.15) is 18.0 Å². The van der Waals surface area contributed by atoms with Gasteiger partial charge in [-0.2, -0.15) is 0 Å². The molecule has 0 aromatic carbocycles. The number of rotatable bonds is 6. The van der Waals surface area contributed by atoms with E-state index in [1.54, 1.807) is 6.33 Å². The van der Waals surface area contributed by atoms with Crippen LogP contribution in [0, 0.1) is 5.41 Å². The van der Waals surface area contributed by atoms with Gasteiger partial charge >= 0.3 is 0 Å². The summed E-state index contributed by atoms with van der Waals surface area (Å²) in [6, 6.07) is 0.506. The van der Waals surface area contributed by atoms with Crippen molar-refractivity contribution in [2.75, 3.05) is 17.2 Å². The van der Waals surface area contributed by atoms with Gasteiger partial charge in [-0.3, -0.25) is 0 Å². The van der Waals surface area contributed by atoms with Crippen molar-refractivity contribution in [1.29, 1.82) is 0 Å². The average Bonchev–Trinajstić information content (AvgIpc) is 2.44. The highest BCUT2D eigenvalue weighted by atomic mass is 15.1. The van der Waals surface area contributed by atoms with Gasteiger partial charge in [0.2, 0.25) is 0 Å². The van der Waals surface area contributed by atoms with Crippen molar-refractivity contribution in [1.82, 2.24) is 9.97 Å². The molecule has 1 atom stereocenters. The second kappa shape index (κ2) is 7.10. The molecule has 0 amide bonds. The van der Waals surface area contributed by atoms with Crippen LogP contribution in [0.5, 0.6) is 0 Å². The second-order valence-corrected chi connectivity index (χ2v) is 6.76. The summed E-state index contributed by atoms with van der Waals surface area (Å²) in [4.78, 5) is 8.95. The largest absolute Gasteiger partial charge is 0.370 e. The van der Waals surface area contributed by atoms with Crippen LogP contribution in [0.4, 0.5) is 11.6 Å². The van der Waals surface area contributed by atoms with E-state index >= 15 is 0 Å². The third-order valence-electron chi connectivity index (χ3n) is 4.61. The fraction of sp³-hybridized carbons (Fsp3) is 0.765. The molecular weight excluding hydrogens is 260 g/mol. The maximum Gasteiger partial charge on any atom is 0.134 e. The van der Waals surface area contributed by atoms with Gasteiger partial charge in [-0.25, -0.2) is 9.97 Å². The van der Waals surface area contributed by atoms with E-state index in [1.807, 2.05) is 0 Å². The smallest absolute Gasteiger partial charge is 0.134 e. The molecule has 4 nitrogen and oxygen atoms in total. The van der Waals surface area contributed by atoms with E-state index < -0.39 is 0 Å². The van der Waals surface area contributed by atoms with Crippen molar-refractivity contribution in [3.05, 3.63) is 11.9 Å². The lowest BCUT2D eigenvalue weighted by molar-refractivity contribution is 0.216. The molecule has 0 radical (unpaired) electrons. The zero-order valence-electron chi connectivity index (χ0n) is 14.0. The van der Waals surface area contributed by atoms with E-state index in [1.165, 1.54) is 31.2 Å². The van der Waals surface area contributed by atoms with E-state index in [2.05, 4.69) is 48.3 Å². The van der Waals surface area contributed by atoms with Crippen molar-refractivity contribution in [2.45, 2.75) is 72.3 Å². The van der Waals surface area contributed by atoms with Crippen LogP contribution in [0.25, 0.3) is 0 Å². The van der Waals surface area contributed by atoms with Gasteiger partial charge < -0.3 is 10.6 Å². The molecule has 0 spiro atoms. The van der Waals surface area contributed by atoms with E-state index in [0.29, 0.717) is 11.5 Å². The Morgan fingerprint density at radius 1 is 1.19 bits per heavy atom. The number of hydrogen-bond acceptors (Lipinski definition) is 4. The Morgan fingerprint density at radius 2 is 1.95 bits per heavy atom. The van der Waals surface area contributed by atoms with E-state index in [-0.39, 0.29) is 0 Å². The van der Waals surface area contributed by atoms with Gasteiger partial charge in [0, 0.05) is 18.2 Å². The normalized spacial score (nSPS) is 21.0. The number of nitrogens with zero attached hydrogens (tertiary/aromatic N) is 2. The predicted octanol–water partition coefficient (Wildman–Crippen LogP) is 4.24. The maximum atomic E-state index is 4.54. The average molecular weight is 290 g/mol. The molecule has 1 aromatic heterocycles. The Kier molecular flexibility index (Phi) is 5.43. The first-order chi connectivity index (χ1) is 10.1. The summed E-state index contributed by atoms with van der Waals surface area (Å²) >= 11 is 0. The number of anilines is 2. The number of hydrogen-bond donors (Lipinski definition) is 2. The standard InChI is InChI=1S/C17H30N4/c1-5-9-13-15(18-6-2)19-12-20-16(13)21-14-10-7-8-11-17(14,3)4/h12,14H,5-11H2,1-4H3,(H2,18,19,20,21). The van der Waals surface area contributed by atoms with Crippen LogP contribution < -0.4 is 10.6 Å². The topological polar surface area (TPSA) is 49.8 Å². The fourth-order valence-electron chi connectivity index (χ4n) is 3.27. The highest BCUT2D eigenvalue weighted by molar-refractivity contribution is 5.58. The zero-order chi connectivity index (χ0) is 15.3. The molecule has 1 unspecified atom stereocenters. The van der Waals surface area contributed by atoms with Crippen molar-refractivity contribution < 1.29 is 0 Å². The fourth-order valence-corrected chi connectivity index (χ4v) is 3.27. The summed E-state index contributed by atoms with van der Waals surface area (Å²) in [5, 5.41) is 7.10. The number of aromatic nitrogens is 2. The Hall–Kier alpha value is -1.32. The lowest BCUT2D eigenvalue weighted by Crippen LogP contribution is -2.39. The van der Waals surface area contributed by atoms with Crippen molar-refractivity contribution in [2.24, 2.45) is 5.41 Å². The highest BCUT2D eigenvalue weighted by Gasteiger charge is 2.32. The van der Waals surface area contributed by atoms with Crippen LogP contribution in [0.15, 0.2) is 6.33 Å². The molecule has 1 heterocycles. The molecule has 4 heteroatoms. The van der Waals surface area contributed by atoms with Gasteiger partial charge in [0.25, 0.3) is 0 Å². The van der Waals surface area contributed by atoms with Crippen LogP contribution in [-0.4, -0.2) is 22.6 Å². The van der Waals surface area contributed by atoms with Gasteiger partial charge in [-0.05, 0) is 31.6 Å². The minimum absolute atomic E-state index is 0.338. The van der Waals surface area contributed by atoms with E-state index in [4.69, 9.17) is 0 Å². The number of nitrogens with one attached hydrogen (secondary N) is 2. The first-order valence-corrected chi connectivity index (χ1v) is 8.42. The summed E-state index contributed by atoms with van der Waals surface area (Å²) < 4.78 is 0. The SMILES string of the molecule is CCCc1c(NCC)ncnc1NC1CCCCC1(C)C. The van der Waals surface area contributed by atoms with Gasteiger partial charge in [-0.1, -0.05) is 40.0 Å². The van der Waals surface area contributed by atoms with Crippen molar-refractivity contribution >= 4 is 11.6 Å². The Labute approximate surface area is 129 Å². The molecule has 1 aliphatic rings. The quantitative estimate of drug-likeness (QED) is 0.822. The van der Waals surface area contributed by atoms with Crippen molar-refractivity contribution in [3.8, 4) is 0 Å². The van der Waals surface area contributed by atoms with Crippen LogP contribution in [0.1, 0.15) is 65.4 Å². The van der Waals surface area contributed by atoms with Crippen LogP contribution in [0.3, 0.4) is 0 Å². The molecule has 1 aliphatic carbocycles. The molecule has 118 valence electrons. The van der Waals surface area contributed by atoms with Gasteiger partial charge in [-0.15, -0.1) is 0 Å². The lowest BCUT2D eigenvalue weighted by atomic mass is 9.73. The van der Waals surface area contributed by atoms with Gasteiger partial charge in [0.05, 0.1) is 0 Å². The molecule has 1 aromatic rings. The summed E-state index contributed by atoms with van der Waals surface area (Å²) in [7, 11) is 0. The van der Waals surface area contributed by atoms with Crippen LogP contribution in [0.2, 0.25) is 0 Å². The first-order valence-electron chi connectivity index (χ1n) is 8.42. The monoisotopic (exact) mass is 290 g/mol. The maximum absolute atomic E-state index is 4.54. The Balaban J connectivity index is 2.23. The lowest BCUT2D eigenvalue weighted by Gasteiger charge is -2.39. The van der Waals surface area contributed by atoms with Gasteiger partial charge in [0.15, 0.2) is 0 Å². The van der Waals surface area contributed by atoms with E-state index in [9.17, 15) is 0 Å². The molecule has 2 N–H and O–H groups in total. The Morgan fingerprint density at radius 3 is 2.62 bits per heavy atom. The molecule has 2 rings (SSSR count). The third-order valence-corrected chi connectivity index (χ3v) is 4.61. The summed E-state index contributed by atoms with van der Waals surface area (Å²) in [6.07, 6.45) is 8.98. The minimum atomic E-state index is 0.338. The molecule has 0 aliphatic heterocycles. The molecule has 0 saturated heterocycles.